The molecule has 1 aliphatic heterocycles. The molecule has 0 N–H and O–H groups in total. The second kappa shape index (κ2) is 4.02. The largest absolute Gasteiger partial charge is 0.466 e. The van der Waals surface area contributed by atoms with Gasteiger partial charge in [0, 0.05) is 24.0 Å². The summed E-state index contributed by atoms with van der Waals surface area (Å²) in [5.74, 6) is -2.85. The molecule has 1 saturated heterocycles. The molecule has 2 fully saturated rings. The Morgan fingerprint density at radius 3 is 2.80 bits per heavy atom. The lowest BCUT2D eigenvalue weighted by atomic mass is 9.50. The number of ketones is 1. The van der Waals surface area contributed by atoms with E-state index >= 15 is 0 Å². The summed E-state index contributed by atoms with van der Waals surface area (Å²) < 4.78 is 16.0. The van der Waals surface area contributed by atoms with E-state index in [1.807, 2.05) is 6.92 Å². The lowest BCUT2D eigenvalue weighted by Crippen LogP contribution is -2.63. The van der Waals surface area contributed by atoms with Crippen LogP contribution in [-0.4, -0.2) is 38.4 Å². The maximum atomic E-state index is 12.7. The Bertz CT molecular complexity index is 536. The van der Waals surface area contributed by atoms with Gasteiger partial charge in [-0.05, 0) is 5.92 Å². The van der Waals surface area contributed by atoms with E-state index in [4.69, 9.17) is 14.2 Å². The Balaban J connectivity index is 2.23. The molecule has 1 heterocycles. The van der Waals surface area contributed by atoms with Gasteiger partial charge < -0.3 is 14.2 Å². The molecule has 0 unspecified atom stereocenters. The van der Waals surface area contributed by atoms with Crippen molar-refractivity contribution in [3.63, 3.8) is 0 Å². The predicted octanol–water partition coefficient (Wildman–Crippen LogP) is 1.10. The zero-order valence-corrected chi connectivity index (χ0v) is 11.8. The van der Waals surface area contributed by atoms with Crippen LogP contribution in [0.3, 0.4) is 0 Å². The Morgan fingerprint density at radius 2 is 2.25 bits per heavy atom. The zero-order valence-electron chi connectivity index (χ0n) is 11.8. The van der Waals surface area contributed by atoms with E-state index < -0.39 is 23.6 Å². The third-order valence-electron chi connectivity index (χ3n) is 5.08. The van der Waals surface area contributed by atoms with Gasteiger partial charge in [0.2, 0.25) is 5.79 Å². The number of Topliss-reactive ketones (excluding diaryl/α,β-unsaturated/α-hetero) is 1. The second-order valence-corrected chi connectivity index (χ2v) is 5.86. The summed E-state index contributed by atoms with van der Waals surface area (Å²) in [4.78, 5) is 24.7. The van der Waals surface area contributed by atoms with E-state index in [-0.39, 0.29) is 17.1 Å². The minimum Gasteiger partial charge on any atom is -0.466 e. The van der Waals surface area contributed by atoms with Crippen LogP contribution in [0, 0.1) is 23.2 Å². The van der Waals surface area contributed by atoms with Crippen LogP contribution in [0.15, 0.2) is 24.3 Å². The summed E-state index contributed by atoms with van der Waals surface area (Å²) in [6, 6.07) is 0. The van der Waals surface area contributed by atoms with Crippen molar-refractivity contribution in [2.75, 3.05) is 20.8 Å². The maximum Gasteiger partial charge on any atom is 0.333 e. The van der Waals surface area contributed by atoms with Gasteiger partial charge in [0.25, 0.3) is 0 Å². The molecule has 1 saturated carbocycles. The van der Waals surface area contributed by atoms with Crippen molar-refractivity contribution in [2.24, 2.45) is 23.2 Å². The highest BCUT2D eigenvalue weighted by atomic mass is 16.7. The average Bonchev–Trinajstić information content (AvgIpc) is 2.75. The van der Waals surface area contributed by atoms with Crippen LogP contribution in [0.25, 0.3) is 0 Å². The molecule has 4 rings (SSSR count). The Labute approximate surface area is 117 Å². The SMILES string of the molecule is C=C[C@H]1[C@H]2C=C(C(=O)OC)[C@@H]3[C@@](OC)(OC[C@@]31C)C2=O. The minimum atomic E-state index is -1.35. The number of ether oxygens (including phenoxy) is 3. The van der Waals surface area contributed by atoms with Gasteiger partial charge in [-0.3, -0.25) is 4.79 Å². The van der Waals surface area contributed by atoms with Crippen LogP contribution < -0.4 is 0 Å². The molecular formula is C15H18O5. The number of hydrogen-bond acceptors (Lipinski definition) is 5. The van der Waals surface area contributed by atoms with Crippen LogP contribution in [0.4, 0.5) is 0 Å². The number of rotatable bonds is 3. The molecule has 0 aromatic carbocycles. The number of carbonyl (C=O) groups excluding carboxylic acids is 2. The van der Waals surface area contributed by atoms with Crippen LogP contribution in [0.1, 0.15) is 6.92 Å². The van der Waals surface area contributed by atoms with Gasteiger partial charge in [0.15, 0.2) is 5.78 Å². The topological polar surface area (TPSA) is 61.8 Å². The third kappa shape index (κ3) is 1.25. The Morgan fingerprint density at radius 1 is 1.55 bits per heavy atom. The first-order valence-corrected chi connectivity index (χ1v) is 6.62. The summed E-state index contributed by atoms with van der Waals surface area (Å²) in [5, 5.41) is 0. The number of esters is 1. The first-order chi connectivity index (χ1) is 9.46. The van der Waals surface area contributed by atoms with Gasteiger partial charge >= 0.3 is 5.97 Å². The van der Waals surface area contributed by atoms with Crippen molar-refractivity contribution in [2.45, 2.75) is 12.7 Å². The molecule has 5 atom stereocenters. The summed E-state index contributed by atoms with van der Waals surface area (Å²) in [6.45, 7) is 6.22. The molecule has 0 amide bonds. The highest BCUT2D eigenvalue weighted by Crippen LogP contribution is 2.64. The van der Waals surface area contributed by atoms with Crippen LogP contribution >= 0.6 is 0 Å². The summed E-state index contributed by atoms with van der Waals surface area (Å²) in [5.41, 5.74) is 0.103. The minimum absolute atomic E-state index is 0.0563. The van der Waals surface area contributed by atoms with Crippen molar-refractivity contribution >= 4 is 11.8 Å². The number of methoxy groups -OCH3 is 2. The van der Waals surface area contributed by atoms with Gasteiger partial charge in [0.05, 0.1) is 19.6 Å². The molecular weight excluding hydrogens is 260 g/mol. The first kappa shape index (κ1) is 13.5. The van der Waals surface area contributed by atoms with Crippen molar-refractivity contribution < 1.29 is 23.8 Å². The molecule has 5 heteroatoms. The molecule has 0 aromatic rings. The van der Waals surface area contributed by atoms with E-state index in [9.17, 15) is 9.59 Å². The smallest absolute Gasteiger partial charge is 0.333 e. The van der Waals surface area contributed by atoms with Crippen molar-refractivity contribution in [3.8, 4) is 0 Å². The molecule has 0 spiro atoms. The average molecular weight is 278 g/mol. The molecule has 0 radical (unpaired) electrons. The van der Waals surface area contributed by atoms with E-state index in [1.54, 1.807) is 12.2 Å². The van der Waals surface area contributed by atoms with Crippen LogP contribution in [0.2, 0.25) is 0 Å². The quantitative estimate of drug-likeness (QED) is 0.571. The predicted molar refractivity (Wildman–Crippen MR) is 69.6 cm³/mol. The lowest BCUT2D eigenvalue weighted by molar-refractivity contribution is -0.220. The molecule has 20 heavy (non-hydrogen) atoms. The molecule has 3 aliphatic carbocycles. The summed E-state index contributed by atoms with van der Waals surface area (Å²) >= 11 is 0. The summed E-state index contributed by atoms with van der Waals surface area (Å²) in [7, 11) is 2.78. The molecule has 4 bridgehead atoms. The molecule has 0 aromatic heterocycles. The van der Waals surface area contributed by atoms with Crippen LogP contribution in [-0.2, 0) is 23.8 Å². The second-order valence-electron chi connectivity index (χ2n) is 5.86. The summed E-state index contributed by atoms with van der Waals surface area (Å²) in [6.07, 6.45) is 3.49. The lowest BCUT2D eigenvalue weighted by Gasteiger charge is -2.52. The fourth-order valence-electron chi connectivity index (χ4n) is 4.20. The van der Waals surface area contributed by atoms with Gasteiger partial charge in [-0.1, -0.05) is 19.1 Å². The number of allylic oxidation sites excluding steroid dienone is 2. The standard InChI is InChI=1S/C15H18O5/c1-5-10-8-6-9(13(17)18-3)11-14(10,2)7-20-15(11,19-4)12(8)16/h5-6,8,10-11H,1,7H2,2-4H3/t8-,10+,11+,14-,15-/m1/s1. The highest BCUT2D eigenvalue weighted by molar-refractivity contribution is 6.01. The van der Waals surface area contributed by atoms with Crippen molar-refractivity contribution in [1.29, 1.82) is 0 Å². The molecule has 108 valence electrons. The van der Waals surface area contributed by atoms with Gasteiger partial charge in [-0.15, -0.1) is 6.58 Å². The number of hydrogen-bond donors (Lipinski definition) is 0. The van der Waals surface area contributed by atoms with Gasteiger partial charge in [-0.2, -0.15) is 0 Å². The Kier molecular flexibility index (Phi) is 2.72. The van der Waals surface area contributed by atoms with Crippen molar-refractivity contribution in [3.05, 3.63) is 24.3 Å². The van der Waals surface area contributed by atoms with Crippen LogP contribution in [0.5, 0.6) is 0 Å². The zero-order chi connectivity index (χ0) is 14.7. The third-order valence-corrected chi connectivity index (χ3v) is 5.08. The highest BCUT2D eigenvalue weighted by Gasteiger charge is 2.73. The fourth-order valence-corrected chi connectivity index (χ4v) is 4.20. The fraction of sp³-hybridized carbons (Fsp3) is 0.600. The Hall–Kier alpha value is -1.46. The molecule has 4 aliphatic rings. The molecule has 5 nitrogen and oxygen atoms in total. The monoisotopic (exact) mass is 278 g/mol. The van der Waals surface area contributed by atoms with E-state index in [0.717, 1.165) is 0 Å². The van der Waals surface area contributed by atoms with Gasteiger partial charge in [-0.25, -0.2) is 4.79 Å². The van der Waals surface area contributed by atoms with E-state index in [2.05, 4.69) is 6.58 Å². The first-order valence-electron chi connectivity index (χ1n) is 6.62. The number of carbonyl (C=O) groups is 2. The normalized spacial score (nSPS) is 45.2. The van der Waals surface area contributed by atoms with E-state index in [0.29, 0.717) is 12.2 Å². The maximum absolute atomic E-state index is 12.7. The van der Waals surface area contributed by atoms with E-state index in [1.165, 1.54) is 14.2 Å². The van der Waals surface area contributed by atoms with Gasteiger partial charge in [0.1, 0.15) is 0 Å². The van der Waals surface area contributed by atoms with Crippen molar-refractivity contribution in [1.82, 2.24) is 0 Å².